The summed E-state index contributed by atoms with van der Waals surface area (Å²) in [5.41, 5.74) is 5.89. The van der Waals surface area contributed by atoms with Crippen LogP contribution in [0, 0.1) is 0 Å². The highest BCUT2D eigenvalue weighted by molar-refractivity contribution is 7.98. The molecule has 0 fully saturated rings. The minimum absolute atomic E-state index is 0.0389. The summed E-state index contributed by atoms with van der Waals surface area (Å²) < 4.78 is 0. The molecule has 2 aromatic rings. The highest BCUT2D eigenvalue weighted by Gasteiger charge is 2.31. The Morgan fingerprint density at radius 1 is 1.04 bits per heavy atom. The Kier molecular flexibility index (Phi) is 3.62. The average Bonchev–Trinajstić information content (AvgIpc) is 2.61. The molecule has 2 N–H and O–H groups in total. The Bertz CT molecular complexity index is 795. The van der Waals surface area contributed by atoms with E-state index in [0.717, 1.165) is 29.7 Å². The molecule has 2 aromatic carbocycles. The smallest absolute Gasteiger partial charge is 0.319 e. The number of nitrogens with one attached hydrogen (secondary N) is 2. The molecule has 4 rings (SSSR count). The van der Waals surface area contributed by atoms with Crippen molar-refractivity contribution in [2.24, 2.45) is 0 Å². The van der Waals surface area contributed by atoms with E-state index >= 15 is 0 Å². The van der Waals surface area contributed by atoms with Crippen molar-refractivity contribution in [3.8, 4) is 0 Å². The van der Waals surface area contributed by atoms with E-state index in [0.29, 0.717) is 0 Å². The number of carbonyl (C=O) groups excluding carboxylic acids is 1. The second-order valence-electron chi connectivity index (χ2n) is 5.86. The molecule has 23 heavy (non-hydrogen) atoms. The van der Waals surface area contributed by atoms with E-state index < -0.39 is 0 Å². The van der Waals surface area contributed by atoms with Crippen molar-refractivity contribution < 1.29 is 4.79 Å². The molecule has 1 aliphatic heterocycles. The van der Waals surface area contributed by atoms with Gasteiger partial charge in [0.2, 0.25) is 0 Å². The highest BCUT2D eigenvalue weighted by atomic mass is 32.2. The Morgan fingerprint density at radius 3 is 2.61 bits per heavy atom. The normalized spacial score (nSPS) is 19.5. The van der Waals surface area contributed by atoms with Crippen LogP contribution in [0.5, 0.6) is 0 Å². The van der Waals surface area contributed by atoms with Crippen molar-refractivity contribution in [3.05, 3.63) is 70.8 Å². The zero-order chi connectivity index (χ0) is 15.8. The minimum atomic E-state index is -0.126. The largest absolute Gasteiger partial charge is 0.327 e. The van der Waals surface area contributed by atoms with Gasteiger partial charge in [0, 0.05) is 10.5 Å². The highest BCUT2D eigenvalue weighted by Crippen LogP contribution is 2.38. The van der Waals surface area contributed by atoms with Gasteiger partial charge >= 0.3 is 6.03 Å². The van der Waals surface area contributed by atoms with Crippen LogP contribution in [0.15, 0.2) is 59.0 Å². The third-order valence-corrected chi connectivity index (χ3v) is 5.33. The first-order chi connectivity index (χ1) is 11.3. The van der Waals surface area contributed by atoms with Gasteiger partial charge in [-0.25, -0.2) is 4.79 Å². The minimum Gasteiger partial charge on any atom is -0.327 e. The third kappa shape index (κ3) is 2.53. The van der Waals surface area contributed by atoms with E-state index in [1.165, 1.54) is 16.0 Å². The number of benzene rings is 2. The van der Waals surface area contributed by atoms with Crippen LogP contribution in [-0.2, 0) is 6.42 Å². The van der Waals surface area contributed by atoms with Gasteiger partial charge in [-0.1, -0.05) is 36.4 Å². The molecule has 3 nitrogen and oxygen atoms in total. The van der Waals surface area contributed by atoms with E-state index in [1.54, 1.807) is 11.8 Å². The van der Waals surface area contributed by atoms with Gasteiger partial charge in [-0.05, 0) is 47.9 Å². The summed E-state index contributed by atoms with van der Waals surface area (Å²) in [6.45, 7) is 0. The molecule has 4 heteroatoms. The predicted molar refractivity (Wildman–Crippen MR) is 94.3 cm³/mol. The molecular weight excluding hydrogens is 304 g/mol. The van der Waals surface area contributed by atoms with Crippen LogP contribution in [0.3, 0.4) is 0 Å². The fourth-order valence-corrected chi connectivity index (χ4v) is 3.84. The van der Waals surface area contributed by atoms with E-state index in [4.69, 9.17) is 0 Å². The summed E-state index contributed by atoms with van der Waals surface area (Å²) in [4.78, 5) is 13.4. The number of hydrogen-bond donors (Lipinski definition) is 2. The molecule has 0 radical (unpaired) electrons. The average molecular weight is 322 g/mol. The van der Waals surface area contributed by atoms with Gasteiger partial charge in [0.1, 0.15) is 0 Å². The maximum Gasteiger partial charge on any atom is 0.319 e. The van der Waals surface area contributed by atoms with Crippen molar-refractivity contribution >= 4 is 23.5 Å². The van der Waals surface area contributed by atoms with Gasteiger partial charge in [-0.2, -0.15) is 0 Å². The van der Waals surface area contributed by atoms with Crippen LogP contribution < -0.4 is 10.6 Å². The van der Waals surface area contributed by atoms with Crippen LogP contribution in [0.1, 0.15) is 29.2 Å². The number of thioether (sulfide) groups is 1. The molecule has 0 saturated carbocycles. The van der Waals surface area contributed by atoms with Crippen molar-refractivity contribution in [3.63, 3.8) is 0 Å². The maximum absolute atomic E-state index is 12.2. The SMILES string of the molecule is CSc1ccc([C@H]2NC(=O)NC3=C2CCc2ccccc23)cc1. The van der Waals surface area contributed by atoms with Gasteiger partial charge < -0.3 is 10.6 Å². The Balaban J connectivity index is 1.80. The number of fused-ring (bicyclic) bond motifs is 2. The van der Waals surface area contributed by atoms with Gasteiger partial charge in [-0.3, -0.25) is 0 Å². The summed E-state index contributed by atoms with van der Waals surface area (Å²) in [5, 5.41) is 6.11. The predicted octanol–water partition coefficient (Wildman–Crippen LogP) is 4.12. The molecule has 0 unspecified atom stereocenters. The molecule has 0 bridgehead atoms. The molecule has 2 amide bonds. The molecular formula is C19H18N2OS. The van der Waals surface area contributed by atoms with Gasteiger partial charge in [0.05, 0.1) is 11.7 Å². The lowest BCUT2D eigenvalue weighted by Crippen LogP contribution is -2.44. The van der Waals surface area contributed by atoms with Gasteiger partial charge in [-0.15, -0.1) is 11.8 Å². The van der Waals surface area contributed by atoms with Crippen molar-refractivity contribution in [2.75, 3.05) is 6.26 Å². The second-order valence-corrected chi connectivity index (χ2v) is 6.74. The summed E-state index contributed by atoms with van der Waals surface area (Å²) in [6, 6.07) is 16.6. The standard InChI is InChI=1S/C19H18N2OS/c1-23-14-9-6-13(7-10-14)17-16-11-8-12-4-2-3-5-15(12)18(16)21-19(22)20-17/h2-7,9-10,17H,8,11H2,1H3,(H2,20,21,22)/t17-/m1/s1. The number of hydrogen-bond acceptors (Lipinski definition) is 2. The fraction of sp³-hybridized carbons (Fsp3) is 0.211. The van der Waals surface area contributed by atoms with Gasteiger partial charge in [0.15, 0.2) is 0 Å². The molecule has 1 heterocycles. The topological polar surface area (TPSA) is 41.1 Å². The van der Waals surface area contributed by atoms with Crippen LogP contribution >= 0.6 is 11.8 Å². The second kappa shape index (κ2) is 5.78. The van der Waals surface area contributed by atoms with Crippen LogP contribution in [0.2, 0.25) is 0 Å². The van der Waals surface area contributed by atoms with Crippen LogP contribution in [0.25, 0.3) is 5.70 Å². The van der Waals surface area contributed by atoms with E-state index in [2.05, 4.69) is 59.4 Å². The molecule has 1 atom stereocenters. The van der Waals surface area contributed by atoms with Crippen molar-refractivity contribution in [2.45, 2.75) is 23.8 Å². The number of rotatable bonds is 2. The summed E-state index contributed by atoms with van der Waals surface area (Å²) in [5.74, 6) is 0. The Hall–Kier alpha value is -2.20. The molecule has 0 saturated heterocycles. The Morgan fingerprint density at radius 2 is 1.83 bits per heavy atom. The lowest BCUT2D eigenvalue weighted by atomic mass is 9.83. The summed E-state index contributed by atoms with van der Waals surface area (Å²) in [7, 11) is 0. The zero-order valence-corrected chi connectivity index (χ0v) is 13.7. The van der Waals surface area contributed by atoms with E-state index in [-0.39, 0.29) is 12.1 Å². The van der Waals surface area contributed by atoms with Crippen LogP contribution in [0.4, 0.5) is 4.79 Å². The zero-order valence-electron chi connectivity index (χ0n) is 12.9. The molecule has 2 aliphatic rings. The lowest BCUT2D eigenvalue weighted by molar-refractivity contribution is 0.240. The molecule has 116 valence electrons. The van der Waals surface area contributed by atoms with Crippen LogP contribution in [-0.4, -0.2) is 12.3 Å². The summed E-state index contributed by atoms with van der Waals surface area (Å²) >= 11 is 1.73. The quantitative estimate of drug-likeness (QED) is 0.817. The number of carbonyl (C=O) groups is 1. The Labute approximate surface area is 140 Å². The van der Waals surface area contributed by atoms with Crippen molar-refractivity contribution in [1.82, 2.24) is 10.6 Å². The molecule has 0 spiro atoms. The number of aryl methyl sites for hydroxylation is 1. The van der Waals surface area contributed by atoms with Crippen molar-refractivity contribution in [1.29, 1.82) is 0 Å². The first-order valence-corrected chi connectivity index (χ1v) is 9.01. The number of urea groups is 1. The summed E-state index contributed by atoms with van der Waals surface area (Å²) in [6.07, 6.45) is 4.06. The lowest BCUT2D eigenvalue weighted by Gasteiger charge is -2.34. The molecule has 0 aromatic heterocycles. The molecule has 1 aliphatic carbocycles. The van der Waals surface area contributed by atoms with E-state index in [1.807, 2.05) is 6.07 Å². The number of amides is 2. The maximum atomic E-state index is 12.2. The van der Waals surface area contributed by atoms with Gasteiger partial charge in [0.25, 0.3) is 0 Å². The fourth-order valence-electron chi connectivity index (χ4n) is 3.43. The first kappa shape index (κ1) is 14.4. The van der Waals surface area contributed by atoms with E-state index in [9.17, 15) is 4.79 Å². The monoisotopic (exact) mass is 322 g/mol. The third-order valence-electron chi connectivity index (χ3n) is 4.58. The first-order valence-electron chi connectivity index (χ1n) is 7.79.